The number of imide groups is 1. The first-order valence-electron chi connectivity index (χ1n) is 20.1. The van der Waals surface area contributed by atoms with Gasteiger partial charge in [-0.1, -0.05) is 35.6 Å². The molecule has 59 heavy (non-hydrogen) atoms. The Morgan fingerprint density at radius 2 is 1.81 bits per heavy atom. The topological polar surface area (TPSA) is 130 Å². The van der Waals surface area contributed by atoms with Gasteiger partial charge in [-0.2, -0.15) is 0 Å². The summed E-state index contributed by atoms with van der Waals surface area (Å²) < 4.78 is 46.7. The number of hydrogen-bond donors (Lipinski definition) is 3. The zero-order chi connectivity index (χ0) is 41.0. The van der Waals surface area contributed by atoms with Crippen molar-refractivity contribution in [2.75, 3.05) is 61.4 Å². The Labute approximate surface area is 344 Å². The molecule has 1 unspecified atom stereocenters. The fourth-order valence-corrected chi connectivity index (χ4v) is 9.03. The van der Waals surface area contributed by atoms with Gasteiger partial charge >= 0.3 is 6.03 Å². The zero-order valence-corrected chi connectivity index (χ0v) is 33.2. The van der Waals surface area contributed by atoms with Crippen LogP contribution in [0.1, 0.15) is 59.3 Å². The predicted octanol–water partition coefficient (Wildman–Crippen LogP) is 5.38. The molecule has 0 radical (unpaired) electrons. The van der Waals surface area contributed by atoms with E-state index in [0.29, 0.717) is 79.7 Å². The minimum atomic E-state index is -2.91. The first-order valence-corrected chi connectivity index (χ1v) is 20.5. The number of rotatable bonds is 8. The van der Waals surface area contributed by atoms with Crippen LogP contribution in [-0.4, -0.2) is 113 Å². The van der Waals surface area contributed by atoms with E-state index in [1.807, 2.05) is 29.2 Å². The lowest BCUT2D eigenvalue weighted by molar-refractivity contribution is -0.132. The number of amides is 4. The van der Waals surface area contributed by atoms with Gasteiger partial charge in [0, 0.05) is 69.3 Å². The van der Waals surface area contributed by atoms with Crippen LogP contribution < -0.4 is 25.8 Å². The number of fused-ring (bicyclic) bond motifs is 2. The highest BCUT2D eigenvalue weighted by Crippen LogP contribution is 2.38. The number of alkyl halides is 3. The fraction of sp³-hybridized carbons (Fsp3) is 0.452. The van der Waals surface area contributed by atoms with Crippen LogP contribution in [0.3, 0.4) is 0 Å². The first kappa shape index (κ1) is 39.1. The van der Waals surface area contributed by atoms with Crippen LogP contribution in [0.15, 0.2) is 48.7 Å². The number of aromatic nitrogens is 3. The largest absolute Gasteiger partial charge is 0.385 e. The van der Waals surface area contributed by atoms with Crippen molar-refractivity contribution in [3.05, 3.63) is 76.1 Å². The minimum absolute atomic E-state index is 0.0870. The summed E-state index contributed by atoms with van der Waals surface area (Å²) in [5.74, 6) is 3.93. The molecule has 4 fully saturated rings. The lowest BCUT2D eigenvalue weighted by atomic mass is 9.91. The van der Waals surface area contributed by atoms with Gasteiger partial charge in [-0.15, -0.1) is 5.10 Å². The van der Waals surface area contributed by atoms with Crippen molar-refractivity contribution >= 4 is 58.0 Å². The molecule has 3 atom stereocenters. The maximum Gasteiger partial charge on any atom is 0.328 e. The number of hydrogen-bond acceptors (Lipinski definition) is 9. The van der Waals surface area contributed by atoms with E-state index in [4.69, 9.17) is 16.7 Å². The number of nitrogens with one attached hydrogen (secondary N) is 3. The zero-order valence-electron chi connectivity index (χ0n) is 32.5. The average molecular weight is 829 g/mol. The molecule has 1 aliphatic carbocycles. The summed E-state index contributed by atoms with van der Waals surface area (Å²) in [6.45, 7) is 2.38. The van der Waals surface area contributed by atoms with Crippen LogP contribution in [-0.2, 0) is 17.8 Å². The van der Waals surface area contributed by atoms with Crippen molar-refractivity contribution < 1.29 is 27.6 Å². The van der Waals surface area contributed by atoms with Crippen LogP contribution >= 0.6 is 11.6 Å². The Bertz CT molecular complexity index is 2390. The highest BCUT2D eigenvalue weighted by atomic mass is 35.5. The van der Waals surface area contributed by atoms with Crippen molar-refractivity contribution in [3.63, 3.8) is 0 Å². The van der Waals surface area contributed by atoms with Gasteiger partial charge in [0.25, 0.3) is 11.8 Å². The van der Waals surface area contributed by atoms with E-state index in [9.17, 15) is 18.8 Å². The van der Waals surface area contributed by atoms with Gasteiger partial charge < -0.3 is 15.5 Å². The number of nitrogens with zero attached hydrogens (tertiary/aromatic N) is 7. The predicted molar refractivity (Wildman–Crippen MR) is 217 cm³/mol. The number of halogens is 4. The molecule has 0 bridgehead atoms. The first-order chi connectivity index (χ1) is 28.4. The SMILES string of the molecule is CNc1cc(N2CCc3c(C#CC4CCN(C5CCN(Cc6ccc(Cl)c(N7CCC(=O)NC7=O)c6)CC5(F)F)CC4)cccc32)nn2c(C(=O)N[C@@H]3C[C@@H]3F)cnc12. The van der Waals surface area contributed by atoms with Crippen LogP contribution in [0, 0.1) is 17.8 Å². The van der Waals surface area contributed by atoms with Gasteiger partial charge in [0.05, 0.1) is 41.2 Å². The Kier molecular flexibility index (Phi) is 10.4. The number of imidazole rings is 1. The Morgan fingerprint density at radius 1 is 1.02 bits per heavy atom. The molecule has 4 amide bonds. The lowest BCUT2D eigenvalue weighted by Gasteiger charge is -2.45. The molecule has 5 aliphatic rings. The van der Waals surface area contributed by atoms with Gasteiger partial charge in [0.15, 0.2) is 17.2 Å². The van der Waals surface area contributed by atoms with E-state index >= 15 is 8.78 Å². The molecule has 3 saturated heterocycles. The Morgan fingerprint density at radius 3 is 2.56 bits per heavy atom. The van der Waals surface area contributed by atoms with E-state index in [1.165, 1.54) is 15.6 Å². The number of benzene rings is 2. The number of piperidine rings is 2. The molecule has 2 aromatic carbocycles. The van der Waals surface area contributed by atoms with Gasteiger partial charge in [-0.05, 0) is 74.2 Å². The van der Waals surface area contributed by atoms with E-state index in [0.717, 1.165) is 28.8 Å². The highest BCUT2D eigenvalue weighted by Gasteiger charge is 2.48. The summed E-state index contributed by atoms with van der Waals surface area (Å²) in [4.78, 5) is 48.6. The fourth-order valence-electron chi connectivity index (χ4n) is 8.81. The third-order valence-corrected chi connectivity index (χ3v) is 12.4. The van der Waals surface area contributed by atoms with Crippen molar-refractivity contribution in [1.82, 2.24) is 35.0 Å². The summed E-state index contributed by atoms with van der Waals surface area (Å²) >= 11 is 6.40. The molecule has 2 aromatic heterocycles. The number of carbonyl (C=O) groups is 3. The second kappa shape index (κ2) is 15.7. The van der Waals surface area contributed by atoms with E-state index in [2.05, 4.69) is 37.7 Å². The molecule has 308 valence electrons. The quantitative estimate of drug-likeness (QED) is 0.201. The molecule has 4 aromatic rings. The van der Waals surface area contributed by atoms with Crippen LogP contribution in [0.5, 0.6) is 0 Å². The van der Waals surface area contributed by atoms with Crippen molar-refractivity contribution in [1.29, 1.82) is 0 Å². The van der Waals surface area contributed by atoms with Gasteiger partial charge in [0.1, 0.15) is 6.17 Å². The summed E-state index contributed by atoms with van der Waals surface area (Å²) in [6, 6.07) is 11.2. The summed E-state index contributed by atoms with van der Waals surface area (Å²) in [5.41, 5.74) is 5.64. The normalized spacial score (nSPS) is 23.4. The third kappa shape index (κ3) is 7.79. The van der Waals surface area contributed by atoms with Gasteiger partial charge in [-0.25, -0.2) is 27.5 Å². The molecule has 4 aliphatic heterocycles. The summed E-state index contributed by atoms with van der Waals surface area (Å²) in [7, 11) is 1.78. The highest BCUT2D eigenvalue weighted by molar-refractivity contribution is 6.34. The van der Waals surface area contributed by atoms with Crippen LogP contribution in [0.4, 0.5) is 40.8 Å². The molecule has 6 heterocycles. The maximum absolute atomic E-state index is 15.8. The van der Waals surface area contributed by atoms with Crippen molar-refractivity contribution in [2.45, 2.75) is 69.2 Å². The van der Waals surface area contributed by atoms with E-state index < -0.39 is 36.1 Å². The number of urea groups is 1. The van der Waals surface area contributed by atoms with Crippen LogP contribution in [0.2, 0.25) is 5.02 Å². The molecular formula is C42H44ClF3N10O3. The monoisotopic (exact) mass is 828 g/mol. The van der Waals surface area contributed by atoms with Crippen molar-refractivity contribution in [3.8, 4) is 11.8 Å². The molecule has 3 N–H and O–H groups in total. The number of anilines is 4. The van der Waals surface area contributed by atoms with E-state index in [1.54, 1.807) is 30.1 Å². The van der Waals surface area contributed by atoms with Crippen molar-refractivity contribution in [2.24, 2.45) is 5.92 Å². The smallest absolute Gasteiger partial charge is 0.328 e. The molecule has 1 saturated carbocycles. The molecule has 0 spiro atoms. The van der Waals surface area contributed by atoms with E-state index in [-0.39, 0.29) is 43.6 Å². The molecule has 13 nitrogen and oxygen atoms in total. The van der Waals surface area contributed by atoms with Gasteiger partial charge in [0.2, 0.25) is 5.91 Å². The second-order valence-electron chi connectivity index (χ2n) is 16.0. The van der Waals surface area contributed by atoms with Crippen LogP contribution in [0.25, 0.3) is 5.65 Å². The average Bonchev–Trinajstić information content (AvgIpc) is 3.54. The lowest BCUT2D eigenvalue weighted by Crippen LogP contribution is -2.59. The molecule has 9 rings (SSSR count). The minimum Gasteiger partial charge on any atom is -0.385 e. The summed E-state index contributed by atoms with van der Waals surface area (Å²) in [5, 5.41) is 13.3. The third-order valence-electron chi connectivity index (χ3n) is 12.1. The Balaban J connectivity index is 0.826. The number of carbonyl (C=O) groups excluding carboxylic acids is 3. The number of likely N-dealkylation sites (tertiary alicyclic amines) is 2. The van der Waals surface area contributed by atoms with Gasteiger partial charge in [-0.3, -0.25) is 29.6 Å². The maximum atomic E-state index is 15.8. The Hall–Kier alpha value is -5.37. The second-order valence-corrected chi connectivity index (χ2v) is 16.4. The summed E-state index contributed by atoms with van der Waals surface area (Å²) in [6.07, 6.45) is 3.38. The molecule has 17 heteroatoms. The standard InChI is InChI=1S/C42H44ClF3N10O3/c1-47-32-21-37(51-56-35(22-48-39(32)56)40(58)49-31-20-30(31)44)54-17-11-28-27(3-2-4-33(28)54)7-5-25-9-15-53(16-10-25)36-12-14-52(24-42(36,45)46)23-26-6-8-29(43)34(19-26)55-18-13-38(57)50-41(55)59/h2-4,6,8,19,21-22,25,30-31,36,47H,9-18,20,23-24H2,1H3,(H,49,58)(H,50,57,59)/t30-,31+,36?/m0/s1. The molecular weight excluding hydrogens is 785 g/mol.